The molecular formula is C15H16ClN3. The van der Waals surface area contributed by atoms with E-state index in [4.69, 9.17) is 11.6 Å². The van der Waals surface area contributed by atoms with Gasteiger partial charge in [0.2, 0.25) is 0 Å². The van der Waals surface area contributed by atoms with Crippen molar-refractivity contribution >= 4 is 22.5 Å². The molecule has 0 fully saturated rings. The topological polar surface area (TPSA) is 22.8 Å². The minimum atomic E-state index is 0.397. The minimum absolute atomic E-state index is 0.397. The Morgan fingerprint density at radius 3 is 2.74 bits per heavy atom. The number of nitrogens with zero attached hydrogens (tertiary/aromatic N) is 3. The van der Waals surface area contributed by atoms with Gasteiger partial charge in [-0.2, -0.15) is 5.10 Å². The molecule has 2 heterocycles. The molecule has 0 aliphatic rings. The highest BCUT2D eigenvalue weighted by molar-refractivity contribution is 6.31. The fourth-order valence-corrected chi connectivity index (χ4v) is 2.41. The van der Waals surface area contributed by atoms with Gasteiger partial charge in [0.25, 0.3) is 0 Å². The van der Waals surface area contributed by atoms with Gasteiger partial charge in [0.05, 0.1) is 12.2 Å². The number of halogens is 1. The van der Waals surface area contributed by atoms with E-state index in [1.54, 1.807) is 0 Å². The van der Waals surface area contributed by atoms with Crippen LogP contribution in [0.1, 0.15) is 25.6 Å². The smallest absolute Gasteiger partial charge is 0.0821 e. The summed E-state index contributed by atoms with van der Waals surface area (Å²) in [6.45, 7) is 5.04. The van der Waals surface area contributed by atoms with E-state index in [2.05, 4.69) is 47.9 Å². The molecule has 2 aromatic heterocycles. The lowest BCUT2D eigenvalue weighted by Crippen LogP contribution is -2.04. The van der Waals surface area contributed by atoms with E-state index in [0.717, 1.165) is 22.6 Å². The molecule has 0 saturated carbocycles. The summed E-state index contributed by atoms with van der Waals surface area (Å²) >= 11 is 6.00. The van der Waals surface area contributed by atoms with E-state index >= 15 is 0 Å². The molecule has 0 amide bonds. The van der Waals surface area contributed by atoms with E-state index in [1.807, 2.05) is 23.0 Å². The molecule has 0 atom stereocenters. The molecule has 19 heavy (non-hydrogen) atoms. The Kier molecular flexibility index (Phi) is 3.07. The van der Waals surface area contributed by atoms with Crippen molar-refractivity contribution in [3.8, 4) is 0 Å². The standard InChI is InChI=1S/C15H16ClN3/c1-11(2)19-8-6-14(17-19)10-18-7-5-12-9-13(16)3-4-15(12)18/h3-9,11H,10H2,1-2H3. The minimum Gasteiger partial charge on any atom is -0.341 e. The van der Waals surface area contributed by atoms with Crippen LogP contribution in [0.3, 0.4) is 0 Å². The lowest BCUT2D eigenvalue weighted by atomic mass is 10.2. The summed E-state index contributed by atoms with van der Waals surface area (Å²) in [5.41, 5.74) is 2.25. The average molecular weight is 274 g/mol. The van der Waals surface area contributed by atoms with Crippen molar-refractivity contribution in [1.29, 1.82) is 0 Å². The van der Waals surface area contributed by atoms with E-state index in [1.165, 1.54) is 5.52 Å². The Morgan fingerprint density at radius 1 is 1.16 bits per heavy atom. The normalized spacial score (nSPS) is 11.6. The molecule has 0 spiro atoms. The zero-order valence-corrected chi connectivity index (χ0v) is 11.8. The first kappa shape index (κ1) is 12.3. The molecule has 3 nitrogen and oxygen atoms in total. The van der Waals surface area contributed by atoms with E-state index in [9.17, 15) is 0 Å². The Balaban J connectivity index is 1.92. The van der Waals surface area contributed by atoms with Crippen LogP contribution in [0.25, 0.3) is 10.9 Å². The molecule has 0 radical (unpaired) electrons. The second kappa shape index (κ2) is 4.74. The fraction of sp³-hybridized carbons (Fsp3) is 0.267. The molecule has 98 valence electrons. The predicted molar refractivity (Wildman–Crippen MR) is 78.7 cm³/mol. The van der Waals surface area contributed by atoms with Crippen molar-refractivity contribution in [3.63, 3.8) is 0 Å². The third-order valence-corrected chi connectivity index (χ3v) is 3.49. The quantitative estimate of drug-likeness (QED) is 0.704. The highest BCUT2D eigenvalue weighted by Crippen LogP contribution is 2.21. The second-order valence-corrected chi connectivity index (χ2v) is 5.46. The van der Waals surface area contributed by atoms with Gasteiger partial charge < -0.3 is 4.57 Å². The van der Waals surface area contributed by atoms with E-state index < -0.39 is 0 Å². The summed E-state index contributed by atoms with van der Waals surface area (Å²) in [5.74, 6) is 0. The van der Waals surface area contributed by atoms with E-state index in [-0.39, 0.29) is 0 Å². The van der Waals surface area contributed by atoms with Gasteiger partial charge >= 0.3 is 0 Å². The van der Waals surface area contributed by atoms with Crippen LogP contribution < -0.4 is 0 Å². The molecule has 0 aliphatic carbocycles. The Bertz CT molecular complexity index is 709. The first-order chi connectivity index (χ1) is 9.13. The first-order valence-corrected chi connectivity index (χ1v) is 6.80. The monoisotopic (exact) mass is 273 g/mol. The van der Waals surface area contributed by atoms with Crippen LogP contribution in [0.4, 0.5) is 0 Å². The third kappa shape index (κ3) is 2.38. The number of hydrogen-bond acceptors (Lipinski definition) is 1. The van der Waals surface area contributed by atoms with Gasteiger partial charge in [-0.15, -0.1) is 0 Å². The maximum absolute atomic E-state index is 6.00. The largest absolute Gasteiger partial charge is 0.341 e. The van der Waals surface area contributed by atoms with Crippen LogP contribution in [0.2, 0.25) is 5.02 Å². The summed E-state index contributed by atoms with van der Waals surface area (Å²) in [6, 6.07) is 10.5. The average Bonchev–Trinajstić information content (AvgIpc) is 2.97. The molecule has 4 heteroatoms. The van der Waals surface area contributed by atoms with Crippen molar-refractivity contribution in [3.05, 3.63) is 53.4 Å². The van der Waals surface area contributed by atoms with Crippen LogP contribution in [0.5, 0.6) is 0 Å². The molecule has 1 aromatic carbocycles. The molecule has 0 aliphatic heterocycles. The maximum atomic E-state index is 6.00. The molecule has 0 bridgehead atoms. The van der Waals surface area contributed by atoms with E-state index in [0.29, 0.717) is 6.04 Å². The number of aromatic nitrogens is 3. The van der Waals surface area contributed by atoms with Crippen molar-refractivity contribution in [2.45, 2.75) is 26.4 Å². The van der Waals surface area contributed by atoms with Crippen LogP contribution in [-0.2, 0) is 6.54 Å². The molecule has 0 N–H and O–H groups in total. The third-order valence-electron chi connectivity index (χ3n) is 3.26. The summed E-state index contributed by atoms with van der Waals surface area (Å²) in [5, 5.41) is 6.51. The van der Waals surface area contributed by atoms with Crippen LogP contribution in [-0.4, -0.2) is 14.3 Å². The summed E-state index contributed by atoms with van der Waals surface area (Å²) in [7, 11) is 0. The van der Waals surface area contributed by atoms with Gasteiger partial charge in [-0.25, -0.2) is 0 Å². The van der Waals surface area contributed by atoms with Gasteiger partial charge in [-0.05, 0) is 44.2 Å². The highest BCUT2D eigenvalue weighted by atomic mass is 35.5. The molecule has 3 rings (SSSR count). The SMILES string of the molecule is CC(C)n1ccc(Cn2ccc3cc(Cl)ccc32)n1. The van der Waals surface area contributed by atoms with Gasteiger partial charge in [-0.1, -0.05) is 11.6 Å². The number of fused-ring (bicyclic) bond motifs is 1. The summed E-state index contributed by atoms with van der Waals surface area (Å²) in [6.07, 6.45) is 4.11. The second-order valence-electron chi connectivity index (χ2n) is 5.03. The predicted octanol–water partition coefficient (Wildman–Crippen LogP) is 4.12. The van der Waals surface area contributed by atoms with Crippen LogP contribution in [0.15, 0.2) is 42.7 Å². The lowest BCUT2D eigenvalue weighted by Gasteiger charge is -2.05. The van der Waals surface area contributed by atoms with Crippen molar-refractivity contribution < 1.29 is 0 Å². The number of benzene rings is 1. The zero-order chi connectivity index (χ0) is 13.4. The summed E-state index contributed by atoms with van der Waals surface area (Å²) in [4.78, 5) is 0. The van der Waals surface area contributed by atoms with Crippen molar-refractivity contribution in [1.82, 2.24) is 14.3 Å². The number of hydrogen-bond donors (Lipinski definition) is 0. The molecular weight excluding hydrogens is 258 g/mol. The Labute approximate surface area is 117 Å². The fourth-order valence-electron chi connectivity index (χ4n) is 2.23. The highest BCUT2D eigenvalue weighted by Gasteiger charge is 2.06. The van der Waals surface area contributed by atoms with Crippen LogP contribution in [0, 0.1) is 0 Å². The first-order valence-electron chi connectivity index (χ1n) is 6.42. The molecule has 0 saturated heterocycles. The van der Waals surface area contributed by atoms with Crippen molar-refractivity contribution in [2.75, 3.05) is 0 Å². The van der Waals surface area contributed by atoms with Crippen LogP contribution >= 0.6 is 11.6 Å². The Hall–Kier alpha value is -1.74. The van der Waals surface area contributed by atoms with Gasteiger partial charge in [0.1, 0.15) is 0 Å². The maximum Gasteiger partial charge on any atom is 0.0821 e. The van der Waals surface area contributed by atoms with Gasteiger partial charge in [0, 0.05) is 34.4 Å². The number of rotatable bonds is 3. The van der Waals surface area contributed by atoms with Gasteiger partial charge in [-0.3, -0.25) is 4.68 Å². The molecule has 0 unspecified atom stereocenters. The van der Waals surface area contributed by atoms with Crippen molar-refractivity contribution in [2.24, 2.45) is 0 Å². The van der Waals surface area contributed by atoms with Gasteiger partial charge in [0.15, 0.2) is 0 Å². The Morgan fingerprint density at radius 2 is 2.00 bits per heavy atom. The zero-order valence-electron chi connectivity index (χ0n) is 11.0. The summed E-state index contributed by atoms with van der Waals surface area (Å²) < 4.78 is 4.18. The lowest BCUT2D eigenvalue weighted by molar-refractivity contribution is 0.524. The molecule has 3 aromatic rings.